The van der Waals surface area contributed by atoms with Crippen LogP contribution >= 0.6 is 0 Å². The van der Waals surface area contributed by atoms with Gasteiger partial charge in [0, 0.05) is 13.0 Å². The SMILES string of the molecule is O=C(CCc1ccccc1)NCC1(C(=O)O)CCCCC1. The van der Waals surface area contributed by atoms with Gasteiger partial charge in [-0.2, -0.15) is 0 Å². The van der Waals surface area contributed by atoms with Crippen LogP contribution in [0.3, 0.4) is 0 Å². The summed E-state index contributed by atoms with van der Waals surface area (Å²) in [5.41, 5.74) is 0.374. The van der Waals surface area contributed by atoms with Gasteiger partial charge in [0.05, 0.1) is 5.41 Å². The molecule has 1 aliphatic carbocycles. The minimum Gasteiger partial charge on any atom is -0.481 e. The summed E-state index contributed by atoms with van der Waals surface area (Å²) in [6.45, 7) is 0.260. The number of benzene rings is 1. The molecule has 0 heterocycles. The average Bonchev–Trinajstić information content (AvgIpc) is 2.52. The summed E-state index contributed by atoms with van der Waals surface area (Å²) < 4.78 is 0. The molecule has 21 heavy (non-hydrogen) atoms. The van der Waals surface area contributed by atoms with Crippen LogP contribution < -0.4 is 5.32 Å². The molecule has 0 saturated heterocycles. The van der Waals surface area contributed by atoms with Crippen LogP contribution in [0.2, 0.25) is 0 Å². The Balaban J connectivity index is 1.80. The van der Waals surface area contributed by atoms with Crippen LogP contribution in [-0.4, -0.2) is 23.5 Å². The van der Waals surface area contributed by atoms with Crippen molar-refractivity contribution in [2.24, 2.45) is 5.41 Å². The molecule has 0 unspecified atom stereocenters. The van der Waals surface area contributed by atoms with Gasteiger partial charge < -0.3 is 10.4 Å². The summed E-state index contributed by atoms with van der Waals surface area (Å²) in [7, 11) is 0. The molecular weight excluding hydrogens is 266 g/mol. The van der Waals surface area contributed by atoms with E-state index in [0.717, 1.165) is 24.8 Å². The van der Waals surface area contributed by atoms with Gasteiger partial charge in [0.2, 0.25) is 5.91 Å². The number of rotatable bonds is 6. The molecule has 0 atom stereocenters. The van der Waals surface area contributed by atoms with Crippen LogP contribution in [0, 0.1) is 5.41 Å². The number of hydrogen-bond acceptors (Lipinski definition) is 2. The fourth-order valence-electron chi connectivity index (χ4n) is 2.95. The van der Waals surface area contributed by atoms with E-state index in [2.05, 4.69) is 5.32 Å². The molecule has 1 aromatic rings. The van der Waals surface area contributed by atoms with E-state index in [4.69, 9.17) is 0 Å². The molecule has 4 nitrogen and oxygen atoms in total. The van der Waals surface area contributed by atoms with E-state index in [1.165, 1.54) is 0 Å². The van der Waals surface area contributed by atoms with E-state index in [-0.39, 0.29) is 12.5 Å². The maximum Gasteiger partial charge on any atom is 0.311 e. The van der Waals surface area contributed by atoms with Gasteiger partial charge in [-0.3, -0.25) is 9.59 Å². The molecule has 0 spiro atoms. The molecule has 0 aromatic heterocycles. The average molecular weight is 289 g/mol. The van der Waals surface area contributed by atoms with E-state index in [1.54, 1.807) is 0 Å². The molecule has 4 heteroatoms. The number of amides is 1. The Morgan fingerprint density at radius 2 is 1.76 bits per heavy atom. The first-order valence-corrected chi connectivity index (χ1v) is 7.66. The van der Waals surface area contributed by atoms with Gasteiger partial charge >= 0.3 is 5.97 Å². The smallest absolute Gasteiger partial charge is 0.311 e. The Kier molecular flexibility index (Phi) is 5.37. The summed E-state index contributed by atoms with van der Waals surface area (Å²) >= 11 is 0. The third kappa shape index (κ3) is 4.31. The number of carbonyl (C=O) groups is 2. The van der Waals surface area contributed by atoms with Gasteiger partial charge in [0.25, 0.3) is 0 Å². The van der Waals surface area contributed by atoms with E-state index >= 15 is 0 Å². The van der Waals surface area contributed by atoms with Crippen LogP contribution in [0.1, 0.15) is 44.1 Å². The minimum absolute atomic E-state index is 0.0648. The molecule has 1 fully saturated rings. The zero-order valence-corrected chi connectivity index (χ0v) is 12.3. The molecular formula is C17H23NO3. The highest BCUT2D eigenvalue weighted by atomic mass is 16.4. The van der Waals surface area contributed by atoms with Crippen molar-refractivity contribution < 1.29 is 14.7 Å². The summed E-state index contributed by atoms with van der Waals surface area (Å²) in [5.74, 6) is -0.837. The molecule has 114 valence electrons. The predicted octanol–water partition coefficient (Wildman–Crippen LogP) is 2.77. The van der Waals surface area contributed by atoms with Crippen LogP contribution in [-0.2, 0) is 16.0 Å². The number of aryl methyl sites for hydroxylation is 1. The lowest BCUT2D eigenvalue weighted by molar-refractivity contribution is -0.151. The molecule has 0 radical (unpaired) electrons. The van der Waals surface area contributed by atoms with E-state index in [9.17, 15) is 14.7 Å². The van der Waals surface area contributed by atoms with E-state index in [0.29, 0.717) is 25.7 Å². The van der Waals surface area contributed by atoms with Crippen LogP contribution in [0.4, 0.5) is 0 Å². The maximum absolute atomic E-state index is 11.9. The fraction of sp³-hybridized carbons (Fsp3) is 0.529. The van der Waals surface area contributed by atoms with Crippen molar-refractivity contribution in [1.82, 2.24) is 5.32 Å². The lowest BCUT2D eigenvalue weighted by Crippen LogP contribution is -2.44. The van der Waals surface area contributed by atoms with Gasteiger partial charge in [-0.15, -0.1) is 0 Å². The quantitative estimate of drug-likeness (QED) is 0.846. The largest absolute Gasteiger partial charge is 0.481 e. The Morgan fingerprint density at radius 3 is 2.38 bits per heavy atom. The van der Waals surface area contributed by atoms with Gasteiger partial charge in [-0.1, -0.05) is 49.6 Å². The Hall–Kier alpha value is -1.84. The topological polar surface area (TPSA) is 66.4 Å². The highest BCUT2D eigenvalue weighted by Gasteiger charge is 2.39. The molecule has 1 amide bonds. The van der Waals surface area contributed by atoms with Crippen molar-refractivity contribution in [1.29, 1.82) is 0 Å². The summed E-state index contributed by atoms with van der Waals surface area (Å²) in [6.07, 6.45) is 5.39. The third-order valence-electron chi connectivity index (χ3n) is 4.37. The Morgan fingerprint density at radius 1 is 1.10 bits per heavy atom. The van der Waals surface area contributed by atoms with Gasteiger partial charge in [-0.05, 0) is 24.8 Å². The first-order valence-electron chi connectivity index (χ1n) is 7.66. The second-order valence-electron chi connectivity index (χ2n) is 5.91. The van der Waals surface area contributed by atoms with Crippen molar-refractivity contribution in [2.75, 3.05) is 6.54 Å². The number of nitrogens with one attached hydrogen (secondary N) is 1. The van der Waals surface area contributed by atoms with Gasteiger partial charge in [0.1, 0.15) is 0 Å². The lowest BCUT2D eigenvalue weighted by Gasteiger charge is -2.33. The van der Waals surface area contributed by atoms with E-state index < -0.39 is 11.4 Å². The maximum atomic E-state index is 11.9. The second kappa shape index (κ2) is 7.25. The van der Waals surface area contributed by atoms with Gasteiger partial charge in [0.15, 0.2) is 0 Å². The van der Waals surface area contributed by atoms with Crippen LogP contribution in [0.5, 0.6) is 0 Å². The third-order valence-corrected chi connectivity index (χ3v) is 4.37. The molecule has 1 saturated carbocycles. The molecule has 1 aliphatic rings. The summed E-state index contributed by atoms with van der Waals surface area (Å²) in [6, 6.07) is 9.84. The molecule has 0 bridgehead atoms. The molecule has 2 rings (SSSR count). The highest BCUT2D eigenvalue weighted by molar-refractivity contribution is 5.79. The predicted molar refractivity (Wildman–Crippen MR) is 80.9 cm³/mol. The number of carboxylic acids is 1. The number of carbonyl (C=O) groups excluding carboxylic acids is 1. The minimum atomic E-state index is -0.773. The normalized spacial score (nSPS) is 17.1. The van der Waals surface area contributed by atoms with Crippen molar-refractivity contribution >= 4 is 11.9 Å². The van der Waals surface area contributed by atoms with Gasteiger partial charge in [-0.25, -0.2) is 0 Å². The molecule has 0 aliphatic heterocycles. The molecule has 2 N–H and O–H groups in total. The van der Waals surface area contributed by atoms with Crippen molar-refractivity contribution in [3.63, 3.8) is 0 Å². The van der Waals surface area contributed by atoms with Crippen molar-refractivity contribution in [3.8, 4) is 0 Å². The Bertz CT molecular complexity index is 478. The zero-order valence-electron chi connectivity index (χ0n) is 12.3. The monoisotopic (exact) mass is 289 g/mol. The van der Waals surface area contributed by atoms with Crippen molar-refractivity contribution in [2.45, 2.75) is 44.9 Å². The first-order chi connectivity index (χ1) is 10.1. The lowest BCUT2D eigenvalue weighted by atomic mass is 9.74. The second-order valence-corrected chi connectivity index (χ2v) is 5.91. The first kappa shape index (κ1) is 15.5. The van der Waals surface area contributed by atoms with Crippen molar-refractivity contribution in [3.05, 3.63) is 35.9 Å². The van der Waals surface area contributed by atoms with E-state index in [1.807, 2.05) is 30.3 Å². The summed E-state index contributed by atoms with van der Waals surface area (Å²) in [5, 5.41) is 12.3. The number of aliphatic carboxylic acids is 1. The standard InChI is InChI=1S/C17H23NO3/c19-15(10-9-14-7-3-1-4-8-14)18-13-17(16(20)21)11-5-2-6-12-17/h1,3-4,7-8H,2,5-6,9-13H2,(H,18,19)(H,20,21). The fourth-order valence-corrected chi connectivity index (χ4v) is 2.95. The van der Waals surface area contributed by atoms with Crippen LogP contribution in [0.25, 0.3) is 0 Å². The van der Waals surface area contributed by atoms with Crippen LogP contribution in [0.15, 0.2) is 30.3 Å². The zero-order chi connectivity index (χ0) is 15.1. The number of carboxylic acid groups (broad SMARTS) is 1. The molecule has 1 aromatic carbocycles. The summed E-state index contributed by atoms with van der Waals surface area (Å²) in [4.78, 5) is 23.4. The number of hydrogen-bond donors (Lipinski definition) is 2. The highest BCUT2D eigenvalue weighted by Crippen LogP contribution is 2.36. The Labute approximate surface area is 125 Å².